The fourth-order valence-electron chi connectivity index (χ4n) is 0.968. The van der Waals surface area contributed by atoms with E-state index in [4.69, 9.17) is 0 Å². The molecule has 0 bridgehead atoms. The lowest BCUT2D eigenvalue weighted by Gasteiger charge is -1.79. The lowest BCUT2D eigenvalue weighted by Crippen LogP contribution is -1.68. The average Bonchev–Trinajstić information content (AvgIpc) is 2.52. The maximum absolute atomic E-state index is 2.33. The molecule has 2 atom stereocenters. The minimum atomic E-state index is 1.06. The molecule has 0 N–H and O–H groups in total. The molecule has 1 unspecified atom stereocenters. The van der Waals surface area contributed by atoms with Gasteiger partial charge in [0.25, 0.3) is 0 Å². The van der Waals surface area contributed by atoms with Crippen molar-refractivity contribution >= 4 is 0 Å². The normalized spacial score (nSPS) is 33.0. The average molecular weight is 114 g/mol. The van der Waals surface area contributed by atoms with E-state index < -0.39 is 0 Å². The fourth-order valence-corrected chi connectivity index (χ4v) is 0.968. The molecule has 0 spiro atoms. The molecule has 1 fully saturated rings. The zero-order valence-corrected chi connectivity index (χ0v) is 6.57. The molecule has 0 radical (unpaired) electrons. The van der Waals surface area contributed by atoms with Crippen LogP contribution in [0.3, 0.4) is 0 Å². The monoisotopic (exact) mass is 114 g/mol. The second kappa shape index (κ2) is 3.94. The van der Waals surface area contributed by atoms with Gasteiger partial charge in [-0.3, -0.25) is 0 Å². The van der Waals surface area contributed by atoms with E-state index in [0.717, 1.165) is 11.8 Å². The van der Waals surface area contributed by atoms with Crippen molar-refractivity contribution in [3.8, 4) is 0 Å². The van der Waals surface area contributed by atoms with Crippen molar-refractivity contribution in [3.05, 3.63) is 0 Å². The van der Waals surface area contributed by atoms with E-state index in [2.05, 4.69) is 13.8 Å². The van der Waals surface area contributed by atoms with E-state index in [1.54, 1.807) is 0 Å². The smallest absolute Gasteiger partial charge is 0.0388 e. The third-order valence-corrected chi connectivity index (χ3v) is 1.80. The van der Waals surface area contributed by atoms with Crippen LogP contribution >= 0.6 is 0 Å². The summed E-state index contributed by atoms with van der Waals surface area (Å²) in [5.74, 6) is 2.17. The highest BCUT2D eigenvalue weighted by Crippen LogP contribution is 2.39. The van der Waals surface area contributed by atoms with Gasteiger partial charge in [0.05, 0.1) is 0 Å². The molecule has 1 saturated carbocycles. The van der Waals surface area contributed by atoms with E-state index in [1.807, 2.05) is 13.8 Å². The van der Waals surface area contributed by atoms with Gasteiger partial charge in [0, 0.05) is 0 Å². The molecule has 0 heterocycles. The minimum absolute atomic E-state index is 1.06. The summed E-state index contributed by atoms with van der Waals surface area (Å²) in [6.45, 7) is 8.60. The molecule has 0 saturated heterocycles. The van der Waals surface area contributed by atoms with Crippen molar-refractivity contribution in [2.75, 3.05) is 0 Å². The molecular formula is C8H18. The van der Waals surface area contributed by atoms with Gasteiger partial charge in [-0.2, -0.15) is 0 Å². The lowest BCUT2D eigenvalue weighted by atomic mass is 10.3. The van der Waals surface area contributed by atoms with Crippen LogP contribution in [0.2, 0.25) is 0 Å². The van der Waals surface area contributed by atoms with E-state index in [9.17, 15) is 0 Å². The van der Waals surface area contributed by atoms with Crippen molar-refractivity contribution in [1.82, 2.24) is 0 Å². The Labute approximate surface area is 53.3 Å². The highest BCUT2D eigenvalue weighted by Gasteiger charge is 2.29. The molecule has 0 aromatic carbocycles. The highest BCUT2D eigenvalue weighted by molar-refractivity contribution is 4.80. The Morgan fingerprint density at radius 1 is 1.38 bits per heavy atom. The van der Waals surface area contributed by atoms with Crippen molar-refractivity contribution < 1.29 is 0 Å². The van der Waals surface area contributed by atoms with Gasteiger partial charge >= 0.3 is 0 Å². The summed E-state index contributed by atoms with van der Waals surface area (Å²) in [7, 11) is 0. The summed E-state index contributed by atoms with van der Waals surface area (Å²) >= 11 is 0. The standard InChI is InChI=1S/C6H12.C2H6/c1-3-6-4-5(6)2;1-2/h5-6H,3-4H2,1-2H3;1-2H3/t5?,6-;/m1./s1. The second-order valence-corrected chi connectivity index (χ2v) is 2.38. The van der Waals surface area contributed by atoms with Gasteiger partial charge in [-0.15, -0.1) is 0 Å². The SMILES string of the molecule is CC.CC[C@@H]1CC1C. The summed E-state index contributed by atoms with van der Waals surface area (Å²) in [4.78, 5) is 0. The van der Waals surface area contributed by atoms with Crippen molar-refractivity contribution in [3.63, 3.8) is 0 Å². The first-order valence-corrected chi connectivity index (χ1v) is 3.84. The molecule has 1 aliphatic rings. The fraction of sp³-hybridized carbons (Fsp3) is 1.00. The Morgan fingerprint density at radius 3 is 1.75 bits per heavy atom. The Morgan fingerprint density at radius 2 is 1.75 bits per heavy atom. The predicted octanol–water partition coefficient (Wildman–Crippen LogP) is 3.08. The topological polar surface area (TPSA) is 0 Å². The van der Waals surface area contributed by atoms with E-state index in [1.165, 1.54) is 12.8 Å². The Hall–Kier alpha value is 0. The van der Waals surface area contributed by atoms with Gasteiger partial charge in [0.15, 0.2) is 0 Å². The highest BCUT2D eigenvalue weighted by atomic mass is 14.3. The van der Waals surface area contributed by atoms with Gasteiger partial charge in [-0.1, -0.05) is 34.1 Å². The first-order chi connectivity index (χ1) is 3.84. The Bertz CT molecular complexity index is 46.0. The van der Waals surface area contributed by atoms with Crippen LogP contribution in [-0.2, 0) is 0 Å². The summed E-state index contributed by atoms with van der Waals surface area (Å²) in [5, 5.41) is 0. The first kappa shape index (κ1) is 8.00. The first-order valence-electron chi connectivity index (χ1n) is 3.84. The van der Waals surface area contributed by atoms with Gasteiger partial charge in [0.1, 0.15) is 0 Å². The van der Waals surface area contributed by atoms with Gasteiger partial charge < -0.3 is 0 Å². The summed E-state index contributed by atoms with van der Waals surface area (Å²) in [5.41, 5.74) is 0. The Kier molecular flexibility index (Phi) is 3.94. The largest absolute Gasteiger partial charge is 0.0683 e. The second-order valence-electron chi connectivity index (χ2n) is 2.38. The van der Waals surface area contributed by atoms with Crippen molar-refractivity contribution in [2.45, 2.75) is 40.5 Å². The van der Waals surface area contributed by atoms with Gasteiger partial charge in [-0.25, -0.2) is 0 Å². The molecule has 0 aromatic rings. The van der Waals surface area contributed by atoms with E-state index in [0.29, 0.717) is 0 Å². The van der Waals surface area contributed by atoms with Crippen LogP contribution in [0, 0.1) is 11.8 Å². The third-order valence-electron chi connectivity index (χ3n) is 1.80. The van der Waals surface area contributed by atoms with E-state index in [-0.39, 0.29) is 0 Å². The van der Waals surface area contributed by atoms with Crippen LogP contribution in [0.4, 0.5) is 0 Å². The summed E-state index contributed by atoms with van der Waals surface area (Å²) in [6, 6.07) is 0. The van der Waals surface area contributed by atoms with Crippen LogP contribution in [0.1, 0.15) is 40.5 Å². The summed E-state index contributed by atoms with van der Waals surface area (Å²) in [6.07, 6.45) is 2.90. The molecule has 0 nitrogen and oxygen atoms in total. The molecular weight excluding hydrogens is 96.1 g/mol. The van der Waals surface area contributed by atoms with E-state index >= 15 is 0 Å². The quantitative estimate of drug-likeness (QED) is 0.491. The number of rotatable bonds is 1. The maximum atomic E-state index is 2.33. The Balaban J connectivity index is 0.000000222. The van der Waals surface area contributed by atoms with Gasteiger partial charge in [-0.05, 0) is 18.3 Å². The number of hydrogen-bond acceptors (Lipinski definition) is 0. The van der Waals surface area contributed by atoms with Crippen LogP contribution in [0.25, 0.3) is 0 Å². The third kappa shape index (κ3) is 2.34. The molecule has 0 amide bonds. The molecule has 0 aromatic heterocycles. The van der Waals surface area contributed by atoms with Crippen molar-refractivity contribution in [2.24, 2.45) is 11.8 Å². The molecule has 0 heteroatoms. The molecule has 50 valence electrons. The molecule has 0 aliphatic heterocycles. The van der Waals surface area contributed by atoms with Crippen LogP contribution < -0.4 is 0 Å². The predicted molar refractivity (Wildman–Crippen MR) is 38.9 cm³/mol. The molecule has 1 aliphatic carbocycles. The molecule has 1 rings (SSSR count). The molecule has 8 heavy (non-hydrogen) atoms. The lowest BCUT2D eigenvalue weighted by molar-refractivity contribution is 0.724. The zero-order chi connectivity index (χ0) is 6.57. The van der Waals surface area contributed by atoms with Crippen LogP contribution in [0.5, 0.6) is 0 Å². The summed E-state index contributed by atoms with van der Waals surface area (Å²) < 4.78 is 0. The van der Waals surface area contributed by atoms with Gasteiger partial charge in [0.2, 0.25) is 0 Å². The van der Waals surface area contributed by atoms with Crippen molar-refractivity contribution in [1.29, 1.82) is 0 Å². The minimum Gasteiger partial charge on any atom is -0.0683 e. The maximum Gasteiger partial charge on any atom is -0.0388 e. The number of hydrogen-bond donors (Lipinski definition) is 0. The zero-order valence-electron chi connectivity index (χ0n) is 6.57. The van der Waals surface area contributed by atoms with Crippen LogP contribution in [-0.4, -0.2) is 0 Å². The van der Waals surface area contributed by atoms with Crippen LogP contribution in [0.15, 0.2) is 0 Å².